The summed E-state index contributed by atoms with van der Waals surface area (Å²) < 4.78 is 11.0. The summed E-state index contributed by atoms with van der Waals surface area (Å²) in [5, 5.41) is 9.21. The number of amides is 1. The lowest BCUT2D eigenvalue weighted by Gasteiger charge is -2.42. The molecule has 0 unspecified atom stereocenters. The first-order chi connectivity index (χ1) is 14.2. The van der Waals surface area contributed by atoms with Crippen LogP contribution in [0.25, 0.3) is 0 Å². The Kier molecular flexibility index (Phi) is 6.49. The number of carbonyl (C=O) groups is 1. The van der Waals surface area contributed by atoms with Gasteiger partial charge in [-0.05, 0) is 56.2 Å². The number of hydrogen-bond acceptors (Lipinski definition) is 5. The van der Waals surface area contributed by atoms with Crippen LogP contribution in [0.5, 0.6) is 0 Å². The van der Waals surface area contributed by atoms with Gasteiger partial charge in [0, 0.05) is 38.0 Å². The van der Waals surface area contributed by atoms with E-state index in [9.17, 15) is 10.1 Å². The average molecular weight is 398 g/mol. The molecule has 1 saturated carbocycles. The van der Waals surface area contributed by atoms with Crippen molar-refractivity contribution in [2.45, 2.75) is 63.1 Å². The van der Waals surface area contributed by atoms with Gasteiger partial charge in [0.1, 0.15) is 0 Å². The lowest BCUT2D eigenvalue weighted by atomic mass is 9.90. The van der Waals surface area contributed by atoms with Gasteiger partial charge in [0.25, 0.3) is 0 Å². The molecule has 1 amide bonds. The molecule has 4 rings (SSSR count). The minimum atomic E-state index is 0.183. The third kappa shape index (κ3) is 4.48. The van der Waals surface area contributed by atoms with E-state index in [1.54, 1.807) is 7.11 Å². The Hall–Kier alpha value is -1.94. The average Bonchev–Trinajstić information content (AvgIpc) is 3.09. The van der Waals surface area contributed by atoms with Crippen LogP contribution in [0.1, 0.15) is 49.7 Å². The van der Waals surface area contributed by atoms with Crippen LogP contribution in [-0.4, -0.2) is 62.4 Å². The lowest BCUT2D eigenvalue weighted by molar-refractivity contribution is -0.118. The van der Waals surface area contributed by atoms with Crippen LogP contribution in [0.4, 0.5) is 5.69 Å². The molecule has 1 saturated heterocycles. The molecule has 1 aromatic carbocycles. The number of methoxy groups -OCH3 is 1. The van der Waals surface area contributed by atoms with Crippen LogP contribution in [0, 0.1) is 11.3 Å². The van der Waals surface area contributed by atoms with E-state index < -0.39 is 0 Å². The summed E-state index contributed by atoms with van der Waals surface area (Å²) in [7, 11) is 1.71. The maximum Gasteiger partial charge on any atom is 0.231 e. The SMILES string of the molecule is COCCO[C@H]1CC[C@@H](N2CCC(N3C(=O)Cc4ccc(C#N)cc43)CC2)CC1. The molecular weight excluding hydrogens is 366 g/mol. The number of rotatable bonds is 6. The Morgan fingerprint density at radius 2 is 1.83 bits per heavy atom. The van der Waals surface area contributed by atoms with Crippen molar-refractivity contribution in [2.75, 3.05) is 38.3 Å². The molecule has 0 atom stereocenters. The van der Waals surface area contributed by atoms with Crippen LogP contribution >= 0.6 is 0 Å². The summed E-state index contributed by atoms with van der Waals surface area (Å²) in [6.45, 7) is 3.45. The lowest BCUT2D eigenvalue weighted by Crippen LogP contribution is -2.50. The Balaban J connectivity index is 1.30. The van der Waals surface area contributed by atoms with E-state index in [1.165, 1.54) is 12.8 Å². The Labute approximate surface area is 173 Å². The summed E-state index contributed by atoms with van der Waals surface area (Å²) >= 11 is 0. The molecule has 6 nitrogen and oxygen atoms in total. The van der Waals surface area contributed by atoms with E-state index in [4.69, 9.17) is 9.47 Å². The van der Waals surface area contributed by atoms with Crippen molar-refractivity contribution < 1.29 is 14.3 Å². The molecule has 0 N–H and O–H groups in total. The van der Waals surface area contributed by atoms with Crippen molar-refractivity contribution in [3.8, 4) is 6.07 Å². The van der Waals surface area contributed by atoms with E-state index in [-0.39, 0.29) is 11.9 Å². The largest absolute Gasteiger partial charge is 0.382 e. The Morgan fingerprint density at radius 3 is 2.52 bits per heavy atom. The first-order valence-corrected chi connectivity index (χ1v) is 10.9. The monoisotopic (exact) mass is 397 g/mol. The molecule has 0 radical (unpaired) electrons. The minimum absolute atomic E-state index is 0.183. The topological polar surface area (TPSA) is 65.8 Å². The fourth-order valence-corrected chi connectivity index (χ4v) is 5.17. The molecule has 6 heteroatoms. The highest BCUT2D eigenvalue weighted by molar-refractivity contribution is 6.02. The van der Waals surface area contributed by atoms with Gasteiger partial charge in [0.15, 0.2) is 0 Å². The minimum Gasteiger partial charge on any atom is -0.382 e. The number of ether oxygens (including phenoxy) is 2. The number of likely N-dealkylation sites (tertiary alicyclic amines) is 1. The number of nitriles is 1. The fourth-order valence-electron chi connectivity index (χ4n) is 5.17. The quantitative estimate of drug-likeness (QED) is 0.691. The molecular formula is C23H31N3O3. The molecule has 0 aromatic heterocycles. The molecule has 0 bridgehead atoms. The van der Waals surface area contributed by atoms with Crippen molar-refractivity contribution in [3.05, 3.63) is 29.3 Å². The van der Waals surface area contributed by atoms with Crippen LogP contribution < -0.4 is 4.90 Å². The molecule has 3 aliphatic rings. The normalized spacial score (nSPS) is 25.8. The number of piperidine rings is 1. The summed E-state index contributed by atoms with van der Waals surface area (Å²) in [4.78, 5) is 17.3. The summed E-state index contributed by atoms with van der Waals surface area (Å²) in [6.07, 6.45) is 7.50. The molecule has 1 aliphatic carbocycles. The maximum atomic E-state index is 12.7. The van der Waals surface area contributed by atoms with Gasteiger partial charge in [-0.15, -0.1) is 0 Å². The number of hydrogen-bond donors (Lipinski definition) is 0. The number of nitrogens with zero attached hydrogens (tertiary/aromatic N) is 3. The third-order valence-corrected chi connectivity index (χ3v) is 6.75. The van der Waals surface area contributed by atoms with E-state index in [0.717, 1.165) is 50.0 Å². The van der Waals surface area contributed by atoms with Crippen LogP contribution in [0.3, 0.4) is 0 Å². The van der Waals surface area contributed by atoms with Gasteiger partial charge in [-0.3, -0.25) is 4.79 Å². The van der Waals surface area contributed by atoms with Gasteiger partial charge in [-0.2, -0.15) is 5.26 Å². The van der Waals surface area contributed by atoms with Crippen molar-refractivity contribution in [1.29, 1.82) is 5.26 Å². The number of benzene rings is 1. The smallest absolute Gasteiger partial charge is 0.231 e. The van der Waals surface area contributed by atoms with E-state index in [1.807, 2.05) is 23.1 Å². The van der Waals surface area contributed by atoms with Gasteiger partial charge in [-0.1, -0.05) is 6.07 Å². The molecule has 156 valence electrons. The second-order valence-electron chi connectivity index (χ2n) is 8.46. The Bertz CT molecular complexity index is 759. The second kappa shape index (κ2) is 9.25. The van der Waals surface area contributed by atoms with Crippen molar-refractivity contribution >= 4 is 11.6 Å². The highest BCUT2D eigenvalue weighted by atomic mass is 16.5. The molecule has 2 aliphatic heterocycles. The van der Waals surface area contributed by atoms with Gasteiger partial charge in [-0.25, -0.2) is 0 Å². The van der Waals surface area contributed by atoms with Crippen LogP contribution in [0.15, 0.2) is 18.2 Å². The first kappa shape index (κ1) is 20.3. The standard InChI is InChI=1S/C23H31N3O3/c1-28-12-13-29-21-6-4-19(5-7-21)25-10-8-20(9-11-25)26-22-14-17(16-24)2-3-18(22)15-23(26)27/h2-3,14,19-21H,4-13,15H2,1H3/t19-,21+. The van der Waals surface area contributed by atoms with E-state index in [0.29, 0.717) is 37.3 Å². The van der Waals surface area contributed by atoms with Gasteiger partial charge in [0.05, 0.1) is 37.4 Å². The third-order valence-electron chi connectivity index (χ3n) is 6.75. The molecule has 2 fully saturated rings. The van der Waals surface area contributed by atoms with Crippen LogP contribution in [0.2, 0.25) is 0 Å². The highest BCUT2D eigenvalue weighted by Crippen LogP contribution is 2.35. The second-order valence-corrected chi connectivity index (χ2v) is 8.46. The van der Waals surface area contributed by atoms with E-state index in [2.05, 4.69) is 11.0 Å². The predicted molar refractivity (Wildman–Crippen MR) is 111 cm³/mol. The van der Waals surface area contributed by atoms with Crippen molar-refractivity contribution in [1.82, 2.24) is 4.90 Å². The Morgan fingerprint density at radius 1 is 1.07 bits per heavy atom. The number of anilines is 1. The van der Waals surface area contributed by atoms with Gasteiger partial charge < -0.3 is 19.3 Å². The van der Waals surface area contributed by atoms with Crippen molar-refractivity contribution in [3.63, 3.8) is 0 Å². The zero-order valence-electron chi connectivity index (χ0n) is 17.3. The zero-order chi connectivity index (χ0) is 20.2. The molecule has 1 aromatic rings. The molecule has 0 spiro atoms. The predicted octanol–water partition coefficient (Wildman–Crippen LogP) is 2.89. The summed E-state index contributed by atoms with van der Waals surface area (Å²) in [5.41, 5.74) is 2.65. The molecule has 2 heterocycles. The highest BCUT2D eigenvalue weighted by Gasteiger charge is 2.36. The van der Waals surface area contributed by atoms with Gasteiger partial charge >= 0.3 is 0 Å². The fraction of sp³-hybridized carbons (Fsp3) is 0.652. The van der Waals surface area contributed by atoms with Gasteiger partial charge in [0.2, 0.25) is 5.91 Å². The van der Waals surface area contributed by atoms with E-state index >= 15 is 0 Å². The maximum absolute atomic E-state index is 12.7. The first-order valence-electron chi connectivity index (χ1n) is 10.9. The van der Waals surface area contributed by atoms with Crippen LogP contribution in [-0.2, 0) is 20.7 Å². The number of fused-ring (bicyclic) bond motifs is 1. The summed E-state index contributed by atoms with van der Waals surface area (Å²) in [6, 6.07) is 8.74. The summed E-state index contributed by atoms with van der Waals surface area (Å²) in [5.74, 6) is 0.183. The molecule has 29 heavy (non-hydrogen) atoms. The van der Waals surface area contributed by atoms with Crippen molar-refractivity contribution in [2.24, 2.45) is 0 Å². The number of carbonyl (C=O) groups excluding carboxylic acids is 1. The zero-order valence-corrected chi connectivity index (χ0v) is 17.3.